The Hall–Kier alpha value is -0.940. The molecule has 0 aliphatic carbocycles. The average molecular weight is 298 g/mol. The quantitative estimate of drug-likeness (QED) is 0.761. The fourth-order valence-corrected chi connectivity index (χ4v) is 3.10. The first kappa shape index (κ1) is 17.1. The minimum Gasteiger partial charge on any atom is -0.310 e. The van der Waals surface area contributed by atoms with Gasteiger partial charge < -0.3 is 5.32 Å². The molecule has 1 atom stereocenters. The number of sulfone groups is 1. The highest BCUT2D eigenvalue weighted by molar-refractivity contribution is 7.91. The van der Waals surface area contributed by atoms with Crippen LogP contribution in [0.2, 0.25) is 0 Å². The van der Waals surface area contributed by atoms with Crippen molar-refractivity contribution in [3.8, 4) is 0 Å². The lowest BCUT2D eigenvalue weighted by Gasteiger charge is -2.20. The monoisotopic (exact) mass is 298 g/mol. The van der Waals surface area contributed by atoms with E-state index in [1.54, 1.807) is 13.1 Å². The number of aryl methyl sites for hydroxylation is 1. The third-order valence-electron chi connectivity index (χ3n) is 3.45. The molecule has 1 N–H and O–H groups in total. The van der Waals surface area contributed by atoms with Crippen molar-refractivity contribution in [3.63, 3.8) is 0 Å². The van der Waals surface area contributed by atoms with Crippen LogP contribution in [0.5, 0.6) is 0 Å². The molecule has 20 heavy (non-hydrogen) atoms. The Morgan fingerprint density at radius 2 is 2.10 bits per heavy atom. The van der Waals surface area contributed by atoms with Crippen molar-refractivity contribution < 1.29 is 8.42 Å². The number of nitrogens with one attached hydrogen (secondary N) is 1. The van der Waals surface area contributed by atoms with Gasteiger partial charge in [-0.1, -0.05) is 19.9 Å². The first-order valence-corrected chi connectivity index (χ1v) is 9.17. The van der Waals surface area contributed by atoms with Gasteiger partial charge in [-0.25, -0.2) is 8.42 Å². The molecule has 0 spiro atoms. The first-order valence-electron chi connectivity index (χ1n) is 7.35. The summed E-state index contributed by atoms with van der Waals surface area (Å²) in [5.41, 5.74) is 2.19. The molecule has 114 valence electrons. The molecule has 1 aromatic rings. The van der Waals surface area contributed by atoms with E-state index in [2.05, 4.69) is 23.3 Å². The first-order chi connectivity index (χ1) is 9.50. The number of hydrogen-bond donors (Lipinski definition) is 1. The molecule has 1 aromatic heterocycles. The van der Waals surface area contributed by atoms with Gasteiger partial charge in [0.15, 0.2) is 0 Å². The van der Waals surface area contributed by atoms with Crippen molar-refractivity contribution in [2.45, 2.75) is 46.1 Å². The highest BCUT2D eigenvalue weighted by Crippen LogP contribution is 2.21. The molecular weight excluding hydrogens is 272 g/mol. The predicted octanol–water partition coefficient (Wildman–Crippen LogP) is 2.65. The molecule has 0 bridgehead atoms. The highest BCUT2D eigenvalue weighted by Gasteiger charge is 2.15. The van der Waals surface area contributed by atoms with E-state index in [0.717, 1.165) is 25.1 Å². The molecule has 1 rings (SSSR count). The normalized spacial score (nSPS) is 13.3. The molecule has 4 nitrogen and oxygen atoms in total. The van der Waals surface area contributed by atoms with Gasteiger partial charge in [0.25, 0.3) is 0 Å². The lowest BCUT2D eigenvalue weighted by atomic mass is 10.0. The van der Waals surface area contributed by atoms with Crippen molar-refractivity contribution in [1.29, 1.82) is 0 Å². The van der Waals surface area contributed by atoms with Crippen molar-refractivity contribution >= 4 is 9.84 Å². The summed E-state index contributed by atoms with van der Waals surface area (Å²) in [6.07, 6.45) is 4.36. The maximum Gasteiger partial charge on any atom is 0.150 e. The molecule has 5 heteroatoms. The van der Waals surface area contributed by atoms with Gasteiger partial charge in [-0.05, 0) is 44.4 Å². The second-order valence-corrected chi connectivity index (χ2v) is 7.54. The number of hydrogen-bond acceptors (Lipinski definition) is 4. The van der Waals surface area contributed by atoms with Gasteiger partial charge in [-0.2, -0.15) is 0 Å². The topological polar surface area (TPSA) is 59.1 Å². The summed E-state index contributed by atoms with van der Waals surface area (Å²) in [5.74, 6) is 0.499. The van der Waals surface area contributed by atoms with Crippen LogP contribution in [0.4, 0.5) is 0 Å². The SMILES string of the molecule is CCCNC(CCCS(=O)(=O)CC)c1cccnc1C. The van der Waals surface area contributed by atoms with Crippen LogP contribution in [-0.2, 0) is 9.84 Å². The Morgan fingerprint density at radius 3 is 2.70 bits per heavy atom. The predicted molar refractivity (Wildman–Crippen MR) is 83.6 cm³/mol. The third kappa shape index (κ3) is 5.59. The van der Waals surface area contributed by atoms with Crippen molar-refractivity contribution in [2.75, 3.05) is 18.1 Å². The Bertz CT molecular complexity index is 500. The molecule has 0 aliphatic heterocycles. The summed E-state index contributed by atoms with van der Waals surface area (Å²) in [4.78, 5) is 4.32. The zero-order chi connectivity index (χ0) is 15.0. The van der Waals surface area contributed by atoms with E-state index in [0.29, 0.717) is 6.42 Å². The van der Waals surface area contributed by atoms with Crippen LogP contribution in [0.3, 0.4) is 0 Å². The Labute approximate surface area is 122 Å². The lowest BCUT2D eigenvalue weighted by molar-refractivity contribution is 0.489. The van der Waals surface area contributed by atoms with Gasteiger partial charge in [0, 0.05) is 23.7 Å². The van der Waals surface area contributed by atoms with Gasteiger partial charge in [-0.3, -0.25) is 4.98 Å². The fourth-order valence-electron chi connectivity index (χ4n) is 2.20. The molecule has 0 fully saturated rings. The van der Waals surface area contributed by atoms with E-state index in [1.807, 2.05) is 13.0 Å². The summed E-state index contributed by atoms with van der Waals surface area (Å²) in [6, 6.07) is 4.20. The van der Waals surface area contributed by atoms with Crippen LogP contribution in [0.15, 0.2) is 18.3 Å². The van der Waals surface area contributed by atoms with E-state index in [4.69, 9.17) is 0 Å². The van der Waals surface area contributed by atoms with E-state index in [1.165, 1.54) is 5.56 Å². The van der Waals surface area contributed by atoms with Crippen LogP contribution in [0.25, 0.3) is 0 Å². The number of nitrogens with zero attached hydrogens (tertiary/aromatic N) is 1. The van der Waals surface area contributed by atoms with Gasteiger partial charge >= 0.3 is 0 Å². The van der Waals surface area contributed by atoms with Gasteiger partial charge in [0.1, 0.15) is 9.84 Å². The zero-order valence-electron chi connectivity index (χ0n) is 12.7. The molecule has 0 aromatic carbocycles. The van der Waals surface area contributed by atoms with Crippen molar-refractivity contribution in [1.82, 2.24) is 10.3 Å². The Balaban J connectivity index is 2.68. The van der Waals surface area contributed by atoms with E-state index in [9.17, 15) is 8.42 Å². The maximum absolute atomic E-state index is 11.6. The molecule has 0 saturated heterocycles. The summed E-state index contributed by atoms with van der Waals surface area (Å²) < 4.78 is 23.1. The second kappa shape index (κ2) is 8.37. The maximum atomic E-state index is 11.6. The second-order valence-electron chi connectivity index (χ2n) is 5.06. The standard InChI is InChI=1S/C15H26N2O2S/c1-4-10-17-15(9-7-12-20(18,19)5-2)14-8-6-11-16-13(14)3/h6,8,11,15,17H,4-5,7,9-10,12H2,1-3H3. The third-order valence-corrected chi connectivity index (χ3v) is 5.24. The van der Waals surface area contributed by atoms with Crippen LogP contribution < -0.4 is 5.32 Å². The van der Waals surface area contributed by atoms with Crippen LogP contribution in [0.1, 0.15) is 50.4 Å². The summed E-state index contributed by atoms with van der Waals surface area (Å²) in [7, 11) is -2.87. The molecule has 0 aliphatic rings. The van der Waals surface area contributed by atoms with Crippen LogP contribution in [0, 0.1) is 6.92 Å². The van der Waals surface area contributed by atoms with Gasteiger partial charge in [0.2, 0.25) is 0 Å². The number of aromatic nitrogens is 1. The van der Waals surface area contributed by atoms with Crippen LogP contribution in [-0.4, -0.2) is 31.5 Å². The smallest absolute Gasteiger partial charge is 0.150 e. The van der Waals surface area contributed by atoms with Crippen molar-refractivity contribution in [3.05, 3.63) is 29.6 Å². The average Bonchev–Trinajstić information content (AvgIpc) is 2.43. The minimum absolute atomic E-state index is 0.190. The number of rotatable bonds is 9. The molecule has 1 heterocycles. The van der Waals surface area contributed by atoms with Gasteiger partial charge in [0.05, 0.1) is 5.75 Å². The molecule has 0 radical (unpaired) electrons. The fraction of sp³-hybridized carbons (Fsp3) is 0.667. The zero-order valence-corrected chi connectivity index (χ0v) is 13.5. The van der Waals surface area contributed by atoms with Crippen molar-refractivity contribution in [2.24, 2.45) is 0 Å². The summed E-state index contributed by atoms with van der Waals surface area (Å²) in [5, 5.41) is 3.50. The van der Waals surface area contributed by atoms with E-state index < -0.39 is 9.84 Å². The van der Waals surface area contributed by atoms with Gasteiger partial charge in [-0.15, -0.1) is 0 Å². The highest BCUT2D eigenvalue weighted by atomic mass is 32.2. The molecule has 0 saturated carbocycles. The van der Waals surface area contributed by atoms with E-state index >= 15 is 0 Å². The Kier molecular flexibility index (Phi) is 7.16. The number of pyridine rings is 1. The summed E-state index contributed by atoms with van der Waals surface area (Å²) in [6.45, 7) is 6.76. The van der Waals surface area contributed by atoms with E-state index in [-0.39, 0.29) is 17.5 Å². The largest absolute Gasteiger partial charge is 0.310 e. The molecule has 0 amide bonds. The lowest BCUT2D eigenvalue weighted by Crippen LogP contribution is -2.24. The van der Waals surface area contributed by atoms with Crippen LogP contribution >= 0.6 is 0 Å². The minimum atomic E-state index is -2.87. The molecular formula is C15H26N2O2S. The molecule has 1 unspecified atom stereocenters. The Morgan fingerprint density at radius 1 is 1.35 bits per heavy atom. The summed E-state index contributed by atoms with van der Waals surface area (Å²) >= 11 is 0.